The van der Waals surface area contributed by atoms with E-state index in [4.69, 9.17) is 28.3 Å². The van der Waals surface area contributed by atoms with Crippen LogP contribution in [0.2, 0.25) is 10.0 Å². The molecule has 5 heteroatoms. The van der Waals surface area contributed by atoms with Crippen molar-refractivity contribution in [3.05, 3.63) is 39.9 Å². The van der Waals surface area contributed by atoms with Gasteiger partial charge < -0.3 is 10.0 Å². The van der Waals surface area contributed by atoms with Crippen LogP contribution in [0.3, 0.4) is 0 Å². The van der Waals surface area contributed by atoms with Crippen molar-refractivity contribution in [3.63, 3.8) is 0 Å². The number of aliphatic hydroxyl groups excluding tert-OH is 1. The smallest absolute Gasteiger partial charge is 0.246 e. The summed E-state index contributed by atoms with van der Waals surface area (Å²) in [5.41, 5.74) is 0.735. The molecule has 1 fully saturated rings. The number of rotatable bonds is 4. The van der Waals surface area contributed by atoms with Crippen molar-refractivity contribution in [2.75, 3.05) is 19.7 Å². The van der Waals surface area contributed by atoms with Crippen LogP contribution in [-0.4, -0.2) is 35.6 Å². The quantitative estimate of drug-likeness (QED) is 0.867. The number of halogens is 2. The molecule has 0 spiro atoms. The van der Waals surface area contributed by atoms with Crippen LogP contribution in [0, 0.1) is 5.92 Å². The second kappa shape index (κ2) is 7.11. The Labute approximate surface area is 128 Å². The lowest BCUT2D eigenvalue weighted by Gasteiger charge is -2.13. The minimum Gasteiger partial charge on any atom is -0.396 e. The number of hydrogen-bond acceptors (Lipinski definition) is 2. The highest BCUT2D eigenvalue weighted by Crippen LogP contribution is 2.26. The maximum absolute atomic E-state index is 12.1. The number of nitrogens with zero attached hydrogens (tertiary/aromatic N) is 1. The highest BCUT2D eigenvalue weighted by Gasteiger charge is 2.24. The average molecular weight is 314 g/mol. The number of hydrogen-bond donors (Lipinski definition) is 1. The van der Waals surface area contributed by atoms with E-state index in [9.17, 15) is 4.79 Å². The molecule has 0 aromatic heterocycles. The Hall–Kier alpha value is -1.03. The normalized spacial score (nSPS) is 18.9. The number of benzene rings is 1. The Morgan fingerprint density at radius 2 is 2.25 bits per heavy atom. The Balaban J connectivity index is 1.98. The molecular formula is C15H17Cl2NO2. The van der Waals surface area contributed by atoms with Crippen LogP contribution < -0.4 is 0 Å². The Kier molecular flexibility index (Phi) is 5.46. The third-order valence-corrected chi connectivity index (χ3v) is 4.36. The summed E-state index contributed by atoms with van der Waals surface area (Å²) < 4.78 is 0. The first-order chi connectivity index (χ1) is 9.61. The molecule has 3 nitrogen and oxygen atoms in total. The van der Waals surface area contributed by atoms with Crippen LogP contribution >= 0.6 is 23.2 Å². The molecule has 0 bridgehead atoms. The van der Waals surface area contributed by atoms with Crippen molar-refractivity contribution in [2.24, 2.45) is 5.92 Å². The van der Waals surface area contributed by atoms with Gasteiger partial charge in [0.1, 0.15) is 0 Å². The maximum Gasteiger partial charge on any atom is 0.246 e. The molecule has 0 saturated carbocycles. The molecule has 0 aliphatic carbocycles. The zero-order chi connectivity index (χ0) is 14.5. The van der Waals surface area contributed by atoms with Crippen LogP contribution in [0.25, 0.3) is 6.08 Å². The fourth-order valence-electron chi connectivity index (χ4n) is 2.37. The van der Waals surface area contributed by atoms with Gasteiger partial charge in [-0.25, -0.2) is 0 Å². The van der Waals surface area contributed by atoms with Crippen LogP contribution in [0.5, 0.6) is 0 Å². The monoisotopic (exact) mass is 313 g/mol. The van der Waals surface area contributed by atoms with E-state index < -0.39 is 0 Å². The zero-order valence-corrected chi connectivity index (χ0v) is 12.6. The first kappa shape index (κ1) is 15.4. The standard InChI is InChI=1S/C15H17Cl2NO2/c16-13-3-1-2-12(15(13)17)4-5-14(20)18-8-6-11(10-18)7-9-19/h1-5,11,19H,6-10H2/b5-4+. The molecule has 1 aromatic carbocycles. The summed E-state index contributed by atoms with van der Waals surface area (Å²) in [4.78, 5) is 13.9. The van der Waals surface area contributed by atoms with Crippen LogP contribution in [0.15, 0.2) is 24.3 Å². The molecule has 1 amide bonds. The van der Waals surface area contributed by atoms with Gasteiger partial charge >= 0.3 is 0 Å². The Bertz CT molecular complexity index is 517. The first-order valence-corrected chi connectivity index (χ1v) is 7.39. The van der Waals surface area contributed by atoms with Gasteiger partial charge in [0.2, 0.25) is 5.91 Å². The van der Waals surface area contributed by atoms with E-state index >= 15 is 0 Å². The van der Waals surface area contributed by atoms with Gasteiger partial charge in [0.15, 0.2) is 0 Å². The minimum atomic E-state index is -0.0264. The van der Waals surface area contributed by atoms with Crippen molar-refractivity contribution in [3.8, 4) is 0 Å². The van der Waals surface area contributed by atoms with E-state index in [1.54, 1.807) is 23.1 Å². The predicted molar refractivity (Wildman–Crippen MR) is 81.9 cm³/mol. The van der Waals surface area contributed by atoms with Gasteiger partial charge in [-0.2, -0.15) is 0 Å². The van der Waals surface area contributed by atoms with Gasteiger partial charge in [0.05, 0.1) is 10.0 Å². The topological polar surface area (TPSA) is 40.5 Å². The highest BCUT2D eigenvalue weighted by molar-refractivity contribution is 6.42. The number of amides is 1. The van der Waals surface area contributed by atoms with E-state index in [0.29, 0.717) is 22.5 Å². The van der Waals surface area contributed by atoms with Crippen molar-refractivity contribution in [1.29, 1.82) is 0 Å². The molecular weight excluding hydrogens is 297 g/mol. The van der Waals surface area contributed by atoms with E-state index in [1.807, 2.05) is 6.07 Å². The molecule has 20 heavy (non-hydrogen) atoms. The molecule has 1 aliphatic rings. The second-order valence-corrected chi connectivity index (χ2v) is 5.71. The molecule has 2 rings (SSSR count). The van der Waals surface area contributed by atoms with Gasteiger partial charge in [-0.15, -0.1) is 0 Å². The second-order valence-electron chi connectivity index (χ2n) is 4.93. The number of aliphatic hydroxyl groups is 1. The largest absolute Gasteiger partial charge is 0.396 e. The van der Waals surface area contributed by atoms with E-state index in [1.165, 1.54) is 6.08 Å². The van der Waals surface area contributed by atoms with Crippen molar-refractivity contribution >= 4 is 35.2 Å². The van der Waals surface area contributed by atoms with Gasteiger partial charge in [0, 0.05) is 25.8 Å². The summed E-state index contributed by atoms with van der Waals surface area (Å²) in [6, 6.07) is 5.32. The molecule has 1 N–H and O–H groups in total. The van der Waals surface area contributed by atoms with Gasteiger partial charge in [-0.3, -0.25) is 4.79 Å². The lowest BCUT2D eigenvalue weighted by Crippen LogP contribution is -2.26. The van der Waals surface area contributed by atoms with E-state index in [-0.39, 0.29) is 12.5 Å². The third-order valence-electron chi connectivity index (χ3n) is 3.52. The SMILES string of the molecule is O=C(/C=C/c1cccc(Cl)c1Cl)N1CCC(CCO)C1. The molecule has 1 atom stereocenters. The summed E-state index contributed by atoms with van der Waals surface area (Å²) >= 11 is 12.0. The fraction of sp³-hybridized carbons (Fsp3) is 0.400. The lowest BCUT2D eigenvalue weighted by molar-refractivity contribution is -0.125. The summed E-state index contributed by atoms with van der Waals surface area (Å²) in [5.74, 6) is 0.383. The third kappa shape index (κ3) is 3.75. The van der Waals surface area contributed by atoms with Gasteiger partial charge in [0.25, 0.3) is 0 Å². The number of carbonyl (C=O) groups excluding carboxylic acids is 1. The van der Waals surface area contributed by atoms with Gasteiger partial charge in [-0.1, -0.05) is 35.3 Å². The van der Waals surface area contributed by atoms with Crippen LogP contribution in [-0.2, 0) is 4.79 Å². The summed E-state index contributed by atoms with van der Waals surface area (Å²) in [6.07, 6.45) is 4.93. The molecule has 1 unspecified atom stereocenters. The Morgan fingerprint density at radius 1 is 1.45 bits per heavy atom. The number of carbonyl (C=O) groups is 1. The molecule has 1 heterocycles. The average Bonchev–Trinajstić information content (AvgIpc) is 2.89. The first-order valence-electron chi connectivity index (χ1n) is 6.63. The fourth-order valence-corrected chi connectivity index (χ4v) is 2.74. The molecule has 1 aliphatic heterocycles. The van der Waals surface area contributed by atoms with Crippen molar-refractivity contribution in [1.82, 2.24) is 4.90 Å². The molecule has 1 aromatic rings. The van der Waals surface area contributed by atoms with Crippen LogP contribution in [0.4, 0.5) is 0 Å². The predicted octanol–water partition coefficient (Wildman–Crippen LogP) is 3.24. The zero-order valence-electron chi connectivity index (χ0n) is 11.1. The highest BCUT2D eigenvalue weighted by atomic mass is 35.5. The summed E-state index contributed by atoms with van der Waals surface area (Å²) in [5, 5.41) is 9.85. The summed E-state index contributed by atoms with van der Waals surface area (Å²) in [6.45, 7) is 1.64. The molecule has 1 saturated heterocycles. The number of likely N-dealkylation sites (tertiary alicyclic amines) is 1. The Morgan fingerprint density at radius 3 is 3.00 bits per heavy atom. The molecule has 0 radical (unpaired) electrons. The van der Waals surface area contributed by atoms with E-state index in [0.717, 1.165) is 24.9 Å². The lowest BCUT2D eigenvalue weighted by atomic mass is 10.1. The maximum atomic E-state index is 12.1. The van der Waals surface area contributed by atoms with Crippen molar-refractivity contribution in [2.45, 2.75) is 12.8 Å². The summed E-state index contributed by atoms with van der Waals surface area (Å²) in [7, 11) is 0. The van der Waals surface area contributed by atoms with E-state index in [2.05, 4.69) is 0 Å². The van der Waals surface area contributed by atoms with Crippen molar-refractivity contribution < 1.29 is 9.90 Å². The minimum absolute atomic E-state index is 0.0264. The van der Waals surface area contributed by atoms with Crippen LogP contribution in [0.1, 0.15) is 18.4 Å². The molecule has 108 valence electrons. The van der Waals surface area contributed by atoms with Gasteiger partial charge in [-0.05, 0) is 36.5 Å².